The van der Waals surface area contributed by atoms with Crippen molar-refractivity contribution in [1.29, 1.82) is 0 Å². The summed E-state index contributed by atoms with van der Waals surface area (Å²) in [7, 11) is 0. The van der Waals surface area contributed by atoms with Crippen molar-refractivity contribution >= 4 is 15.9 Å². The Kier molecular flexibility index (Phi) is 1.20. The van der Waals surface area contributed by atoms with Gasteiger partial charge in [-0.2, -0.15) is 0 Å². The van der Waals surface area contributed by atoms with E-state index in [2.05, 4.69) is 15.9 Å². The van der Waals surface area contributed by atoms with Crippen LogP contribution in [0.3, 0.4) is 0 Å². The smallest absolute Gasteiger partial charge is 0.171 e. The SMILES string of the molecule is CCC1(C)CC1(F)Br. The van der Waals surface area contributed by atoms with Crippen LogP contribution in [-0.4, -0.2) is 4.58 Å². The predicted molar refractivity (Wildman–Crippen MR) is 35.8 cm³/mol. The molecule has 1 aliphatic carbocycles. The van der Waals surface area contributed by atoms with Gasteiger partial charge in [-0.1, -0.05) is 13.8 Å². The predicted octanol–water partition coefficient (Wildman–Crippen LogP) is 2.87. The zero-order valence-corrected chi connectivity index (χ0v) is 6.76. The normalized spacial score (nSPS) is 54.0. The summed E-state index contributed by atoms with van der Waals surface area (Å²) >= 11 is 3.00. The van der Waals surface area contributed by atoms with Gasteiger partial charge in [-0.25, -0.2) is 4.39 Å². The maximum Gasteiger partial charge on any atom is 0.171 e. The number of alkyl halides is 2. The van der Waals surface area contributed by atoms with E-state index < -0.39 is 4.58 Å². The van der Waals surface area contributed by atoms with E-state index >= 15 is 0 Å². The molecule has 0 aliphatic heterocycles. The molecule has 0 nitrogen and oxygen atoms in total. The van der Waals surface area contributed by atoms with Crippen LogP contribution in [0.1, 0.15) is 26.7 Å². The molecule has 0 heterocycles. The van der Waals surface area contributed by atoms with Crippen LogP contribution in [0, 0.1) is 5.41 Å². The minimum Gasteiger partial charge on any atom is -0.231 e. The summed E-state index contributed by atoms with van der Waals surface area (Å²) in [6.07, 6.45) is 1.60. The largest absolute Gasteiger partial charge is 0.231 e. The lowest BCUT2D eigenvalue weighted by molar-refractivity contribution is 0.344. The maximum atomic E-state index is 12.8. The van der Waals surface area contributed by atoms with Crippen molar-refractivity contribution in [2.75, 3.05) is 0 Å². The molecule has 0 amide bonds. The summed E-state index contributed by atoms with van der Waals surface area (Å²) in [5.41, 5.74) is -0.0625. The Hall–Kier alpha value is 0.410. The van der Waals surface area contributed by atoms with Gasteiger partial charge in [0.1, 0.15) is 0 Å². The fourth-order valence-corrected chi connectivity index (χ4v) is 1.73. The molecule has 1 rings (SSSR count). The number of hydrogen-bond acceptors (Lipinski definition) is 0. The topological polar surface area (TPSA) is 0 Å². The molecule has 0 aromatic rings. The molecule has 0 spiro atoms. The van der Waals surface area contributed by atoms with Gasteiger partial charge in [-0.05, 0) is 22.4 Å². The van der Waals surface area contributed by atoms with Gasteiger partial charge in [0, 0.05) is 11.8 Å². The van der Waals surface area contributed by atoms with Crippen LogP contribution >= 0.6 is 15.9 Å². The third-order valence-corrected chi connectivity index (χ3v) is 3.39. The minimum atomic E-state index is -1.03. The fourth-order valence-electron chi connectivity index (χ4n) is 0.829. The van der Waals surface area contributed by atoms with Crippen molar-refractivity contribution in [3.8, 4) is 0 Å². The van der Waals surface area contributed by atoms with E-state index in [-0.39, 0.29) is 5.41 Å². The van der Waals surface area contributed by atoms with Crippen LogP contribution in [0.25, 0.3) is 0 Å². The molecule has 2 unspecified atom stereocenters. The molecule has 0 saturated heterocycles. The van der Waals surface area contributed by atoms with Crippen LogP contribution < -0.4 is 0 Å². The average Bonchev–Trinajstić information content (AvgIpc) is 2.10. The van der Waals surface area contributed by atoms with Crippen LogP contribution in [0.2, 0.25) is 0 Å². The number of halogens is 2. The van der Waals surface area contributed by atoms with Gasteiger partial charge in [0.2, 0.25) is 0 Å². The van der Waals surface area contributed by atoms with Gasteiger partial charge in [0.25, 0.3) is 0 Å². The highest BCUT2D eigenvalue weighted by molar-refractivity contribution is 9.10. The van der Waals surface area contributed by atoms with Crippen molar-refractivity contribution in [3.05, 3.63) is 0 Å². The summed E-state index contributed by atoms with van der Waals surface area (Å²) in [6, 6.07) is 0. The van der Waals surface area contributed by atoms with Gasteiger partial charge in [-0.3, -0.25) is 0 Å². The average molecular weight is 181 g/mol. The lowest BCUT2D eigenvalue weighted by Crippen LogP contribution is -2.01. The molecule has 0 bridgehead atoms. The third kappa shape index (κ3) is 0.697. The Morgan fingerprint density at radius 1 is 1.75 bits per heavy atom. The maximum absolute atomic E-state index is 12.8. The highest BCUT2D eigenvalue weighted by atomic mass is 79.9. The minimum absolute atomic E-state index is 0.0625. The molecule has 48 valence electrons. The van der Waals surface area contributed by atoms with Crippen molar-refractivity contribution < 1.29 is 4.39 Å². The zero-order chi connectivity index (χ0) is 6.41. The monoisotopic (exact) mass is 180 g/mol. The third-order valence-electron chi connectivity index (χ3n) is 2.15. The van der Waals surface area contributed by atoms with Crippen molar-refractivity contribution in [3.63, 3.8) is 0 Å². The first-order valence-corrected chi connectivity index (χ1v) is 3.69. The molecule has 1 saturated carbocycles. The lowest BCUT2D eigenvalue weighted by atomic mass is 10.1. The molecule has 0 aromatic heterocycles. The van der Waals surface area contributed by atoms with Crippen LogP contribution in [0.5, 0.6) is 0 Å². The Morgan fingerprint density at radius 2 is 2.12 bits per heavy atom. The Balaban J connectivity index is 2.55. The quantitative estimate of drug-likeness (QED) is 0.545. The molecule has 0 N–H and O–H groups in total. The highest BCUT2D eigenvalue weighted by Gasteiger charge is 2.63. The summed E-state index contributed by atoms with van der Waals surface area (Å²) in [5, 5.41) is 0. The van der Waals surface area contributed by atoms with Crippen molar-refractivity contribution in [1.82, 2.24) is 0 Å². The second-order valence-corrected chi connectivity index (χ2v) is 4.05. The summed E-state index contributed by atoms with van der Waals surface area (Å²) in [4.78, 5) is 0. The first-order chi connectivity index (χ1) is 3.52. The lowest BCUT2D eigenvalue weighted by Gasteiger charge is -2.04. The van der Waals surface area contributed by atoms with Crippen molar-refractivity contribution in [2.24, 2.45) is 5.41 Å². The zero-order valence-electron chi connectivity index (χ0n) is 5.17. The van der Waals surface area contributed by atoms with Gasteiger partial charge in [-0.15, -0.1) is 0 Å². The second-order valence-electron chi connectivity index (χ2n) is 2.80. The Bertz CT molecular complexity index is 111. The van der Waals surface area contributed by atoms with Gasteiger partial charge >= 0.3 is 0 Å². The summed E-state index contributed by atoms with van der Waals surface area (Å²) < 4.78 is 11.7. The van der Waals surface area contributed by atoms with E-state index in [1.54, 1.807) is 0 Å². The molecule has 1 fully saturated rings. The first-order valence-electron chi connectivity index (χ1n) is 2.90. The first kappa shape index (κ1) is 6.53. The van der Waals surface area contributed by atoms with Gasteiger partial charge in [0.15, 0.2) is 4.58 Å². The van der Waals surface area contributed by atoms with E-state index in [4.69, 9.17) is 0 Å². The highest BCUT2D eigenvalue weighted by Crippen LogP contribution is 2.64. The Labute approximate surface area is 57.6 Å². The second kappa shape index (κ2) is 1.47. The molecule has 1 aliphatic rings. The van der Waals surface area contributed by atoms with Gasteiger partial charge in [0.05, 0.1) is 0 Å². The molecule has 0 aromatic carbocycles. The van der Waals surface area contributed by atoms with E-state index in [9.17, 15) is 4.39 Å². The Morgan fingerprint density at radius 3 is 2.12 bits per heavy atom. The van der Waals surface area contributed by atoms with Crippen molar-refractivity contribution in [2.45, 2.75) is 31.3 Å². The van der Waals surface area contributed by atoms with E-state index in [1.165, 1.54) is 0 Å². The number of rotatable bonds is 1. The molecular formula is C6H10BrF. The van der Waals surface area contributed by atoms with Gasteiger partial charge < -0.3 is 0 Å². The number of hydrogen-bond donors (Lipinski definition) is 0. The van der Waals surface area contributed by atoms with Crippen LogP contribution in [0.15, 0.2) is 0 Å². The molecule has 8 heavy (non-hydrogen) atoms. The molecular weight excluding hydrogens is 171 g/mol. The fraction of sp³-hybridized carbons (Fsp3) is 1.00. The van der Waals surface area contributed by atoms with Crippen LogP contribution in [0.4, 0.5) is 4.39 Å². The van der Waals surface area contributed by atoms with E-state index in [0.717, 1.165) is 6.42 Å². The molecule has 2 atom stereocenters. The van der Waals surface area contributed by atoms with Crippen LogP contribution in [-0.2, 0) is 0 Å². The summed E-state index contributed by atoms with van der Waals surface area (Å²) in [6.45, 7) is 3.98. The summed E-state index contributed by atoms with van der Waals surface area (Å²) in [5.74, 6) is 0. The van der Waals surface area contributed by atoms with E-state index in [1.807, 2.05) is 13.8 Å². The molecule has 2 heteroatoms. The molecule has 0 radical (unpaired) electrons. The van der Waals surface area contributed by atoms with E-state index in [0.29, 0.717) is 6.42 Å². The standard InChI is InChI=1S/C6H10BrF/c1-3-5(2)4-6(5,7)8/h3-4H2,1-2H3.